The van der Waals surface area contributed by atoms with Gasteiger partial charge in [0, 0.05) is 19.8 Å². The first kappa shape index (κ1) is 19.2. The summed E-state index contributed by atoms with van der Waals surface area (Å²) in [5, 5.41) is 5.91. The SMILES string of the molecule is Cc1noc(-c2cccc3cc(NS(=O)(=O)c4cc(Cl)cc(I)c4)ccc23)n1. The first-order valence-corrected chi connectivity index (χ1v) is 11.1. The molecule has 1 aromatic heterocycles. The standard InChI is InChI=1S/C19H13ClIN3O3S/c1-11-22-19(27-23-11)18-4-2-3-12-7-15(5-6-17(12)18)24-28(25,26)16-9-13(20)8-14(21)10-16/h2-10,24H,1H3. The van der Waals surface area contributed by atoms with Crippen molar-refractivity contribution in [2.24, 2.45) is 0 Å². The Morgan fingerprint density at radius 3 is 2.64 bits per heavy atom. The smallest absolute Gasteiger partial charge is 0.261 e. The lowest BCUT2D eigenvalue weighted by Crippen LogP contribution is -2.13. The summed E-state index contributed by atoms with van der Waals surface area (Å²) in [5.41, 5.74) is 1.23. The highest BCUT2D eigenvalue weighted by atomic mass is 127. The Balaban J connectivity index is 1.72. The van der Waals surface area contributed by atoms with E-state index in [0.717, 1.165) is 19.9 Å². The molecule has 0 atom stereocenters. The maximum absolute atomic E-state index is 12.7. The number of halogens is 2. The van der Waals surface area contributed by atoms with Gasteiger partial charge in [-0.2, -0.15) is 4.98 Å². The van der Waals surface area contributed by atoms with Crippen molar-refractivity contribution >= 4 is 60.7 Å². The lowest BCUT2D eigenvalue weighted by Gasteiger charge is -2.11. The summed E-state index contributed by atoms with van der Waals surface area (Å²) in [6.45, 7) is 1.75. The lowest BCUT2D eigenvalue weighted by atomic mass is 10.0. The molecular formula is C19H13ClIN3O3S. The number of hydrogen-bond acceptors (Lipinski definition) is 5. The van der Waals surface area contributed by atoms with Gasteiger partial charge >= 0.3 is 0 Å². The van der Waals surface area contributed by atoms with Gasteiger partial charge in [-0.25, -0.2) is 8.42 Å². The number of rotatable bonds is 4. The molecule has 1 heterocycles. The van der Waals surface area contributed by atoms with Gasteiger partial charge in [-0.1, -0.05) is 35.0 Å². The number of benzene rings is 3. The van der Waals surface area contributed by atoms with Gasteiger partial charge in [-0.3, -0.25) is 4.72 Å². The lowest BCUT2D eigenvalue weighted by molar-refractivity contribution is 0.426. The Labute approximate surface area is 180 Å². The number of hydrogen-bond donors (Lipinski definition) is 1. The van der Waals surface area contributed by atoms with Gasteiger partial charge in [0.2, 0.25) is 0 Å². The van der Waals surface area contributed by atoms with E-state index in [0.29, 0.717) is 22.4 Å². The molecule has 0 fully saturated rings. The van der Waals surface area contributed by atoms with Crippen LogP contribution in [-0.4, -0.2) is 18.6 Å². The number of sulfonamides is 1. The molecule has 0 saturated carbocycles. The van der Waals surface area contributed by atoms with Crippen LogP contribution >= 0.6 is 34.2 Å². The van der Waals surface area contributed by atoms with Crippen molar-refractivity contribution < 1.29 is 12.9 Å². The van der Waals surface area contributed by atoms with Gasteiger partial charge in [-0.05, 0) is 76.7 Å². The maximum Gasteiger partial charge on any atom is 0.261 e. The van der Waals surface area contributed by atoms with E-state index in [2.05, 4.69) is 14.9 Å². The molecule has 0 aliphatic carbocycles. The molecule has 4 aromatic rings. The van der Waals surface area contributed by atoms with Crippen LogP contribution in [0.1, 0.15) is 5.82 Å². The van der Waals surface area contributed by atoms with Gasteiger partial charge in [0.15, 0.2) is 5.82 Å². The van der Waals surface area contributed by atoms with Crippen LogP contribution in [0.15, 0.2) is 64.0 Å². The van der Waals surface area contributed by atoms with Crippen molar-refractivity contribution in [3.63, 3.8) is 0 Å². The van der Waals surface area contributed by atoms with E-state index in [4.69, 9.17) is 16.1 Å². The average molecular weight is 526 g/mol. The molecule has 28 heavy (non-hydrogen) atoms. The van der Waals surface area contributed by atoms with Crippen LogP contribution in [0.3, 0.4) is 0 Å². The summed E-state index contributed by atoms with van der Waals surface area (Å²) in [7, 11) is -3.77. The molecule has 9 heteroatoms. The fourth-order valence-corrected chi connectivity index (χ4v) is 5.32. The van der Waals surface area contributed by atoms with Gasteiger partial charge in [0.05, 0.1) is 4.90 Å². The van der Waals surface area contributed by atoms with Crippen LogP contribution in [0.2, 0.25) is 5.02 Å². The molecule has 0 aliphatic heterocycles. The molecule has 0 amide bonds. The molecule has 0 aliphatic rings. The van der Waals surface area contributed by atoms with E-state index in [9.17, 15) is 8.42 Å². The minimum Gasteiger partial charge on any atom is -0.334 e. The zero-order chi connectivity index (χ0) is 19.9. The second-order valence-corrected chi connectivity index (χ2v) is 9.46. The largest absolute Gasteiger partial charge is 0.334 e. The molecule has 142 valence electrons. The molecule has 0 spiro atoms. The minimum atomic E-state index is -3.77. The third kappa shape index (κ3) is 3.85. The second kappa shape index (κ2) is 7.34. The number of nitrogens with zero attached hydrogens (tertiary/aromatic N) is 2. The molecule has 0 unspecified atom stereocenters. The molecular weight excluding hydrogens is 513 g/mol. The van der Waals surface area contributed by atoms with E-state index in [1.807, 2.05) is 46.9 Å². The summed E-state index contributed by atoms with van der Waals surface area (Å²) in [6.07, 6.45) is 0. The summed E-state index contributed by atoms with van der Waals surface area (Å²) in [6, 6.07) is 15.6. The Hall–Kier alpha value is -2.17. The summed E-state index contributed by atoms with van der Waals surface area (Å²) < 4.78 is 34.1. The average Bonchev–Trinajstić information content (AvgIpc) is 3.06. The topological polar surface area (TPSA) is 85.1 Å². The van der Waals surface area contributed by atoms with E-state index >= 15 is 0 Å². The quantitative estimate of drug-likeness (QED) is 0.368. The predicted octanol–water partition coefficient (Wildman–Crippen LogP) is 5.26. The van der Waals surface area contributed by atoms with E-state index < -0.39 is 10.0 Å². The number of aromatic nitrogens is 2. The number of anilines is 1. The third-order valence-corrected chi connectivity index (χ3v) is 6.24. The Morgan fingerprint density at radius 2 is 1.93 bits per heavy atom. The van der Waals surface area contributed by atoms with Crippen molar-refractivity contribution in [2.45, 2.75) is 11.8 Å². The molecule has 0 radical (unpaired) electrons. The highest BCUT2D eigenvalue weighted by Crippen LogP contribution is 2.30. The van der Waals surface area contributed by atoms with Crippen LogP contribution in [0.25, 0.3) is 22.2 Å². The molecule has 3 aromatic carbocycles. The normalized spacial score (nSPS) is 11.7. The summed E-state index contributed by atoms with van der Waals surface area (Å²) in [4.78, 5) is 4.38. The monoisotopic (exact) mass is 525 g/mol. The number of fused-ring (bicyclic) bond motifs is 1. The van der Waals surface area contributed by atoms with E-state index in [1.165, 1.54) is 6.07 Å². The third-order valence-electron chi connectivity index (χ3n) is 4.04. The van der Waals surface area contributed by atoms with Gasteiger partial charge in [-0.15, -0.1) is 0 Å². The van der Waals surface area contributed by atoms with Crippen molar-refractivity contribution in [1.82, 2.24) is 10.1 Å². The van der Waals surface area contributed by atoms with Gasteiger partial charge < -0.3 is 4.52 Å². The highest BCUT2D eigenvalue weighted by molar-refractivity contribution is 14.1. The van der Waals surface area contributed by atoms with Crippen LogP contribution in [-0.2, 0) is 10.0 Å². The van der Waals surface area contributed by atoms with Crippen LogP contribution < -0.4 is 4.72 Å². The van der Waals surface area contributed by atoms with Gasteiger partial charge in [0.25, 0.3) is 15.9 Å². The number of aryl methyl sites for hydroxylation is 1. The predicted molar refractivity (Wildman–Crippen MR) is 117 cm³/mol. The summed E-state index contributed by atoms with van der Waals surface area (Å²) in [5.74, 6) is 0.970. The van der Waals surface area contributed by atoms with E-state index in [1.54, 1.807) is 31.2 Å². The van der Waals surface area contributed by atoms with Crippen LogP contribution in [0.4, 0.5) is 5.69 Å². The van der Waals surface area contributed by atoms with Crippen molar-refractivity contribution in [1.29, 1.82) is 0 Å². The minimum absolute atomic E-state index is 0.111. The highest BCUT2D eigenvalue weighted by Gasteiger charge is 2.17. The van der Waals surface area contributed by atoms with Gasteiger partial charge in [0.1, 0.15) is 0 Å². The van der Waals surface area contributed by atoms with Crippen LogP contribution in [0, 0.1) is 10.5 Å². The first-order chi connectivity index (χ1) is 13.3. The maximum atomic E-state index is 12.7. The fourth-order valence-electron chi connectivity index (χ4n) is 2.84. The molecule has 6 nitrogen and oxygen atoms in total. The zero-order valence-corrected chi connectivity index (χ0v) is 18.2. The van der Waals surface area contributed by atoms with E-state index in [-0.39, 0.29) is 4.90 Å². The first-order valence-electron chi connectivity index (χ1n) is 8.14. The zero-order valence-electron chi connectivity index (χ0n) is 14.5. The van der Waals surface area contributed by atoms with Crippen LogP contribution in [0.5, 0.6) is 0 Å². The number of nitrogens with one attached hydrogen (secondary N) is 1. The Kier molecular flexibility index (Phi) is 5.02. The van der Waals surface area contributed by atoms with Crippen molar-refractivity contribution in [2.75, 3.05) is 4.72 Å². The molecule has 1 N–H and O–H groups in total. The Morgan fingerprint density at radius 1 is 1.11 bits per heavy atom. The molecule has 0 bridgehead atoms. The fraction of sp³-hybridized carbons (Fsp3) is 0.0526. The molecule has 0 saturated heterocycles. The molecule has 4 rings (SSSR count). The second-order valence-electron chi connectivity index (χ2n) is 6.10. The van der Waals surface area contributed by atoms with Crippen molar-refractivity contribution in [3.8, 4) is 11.5 Å². The summed E-state index contributed by atoms with van der Waals surface area (Å²) >= 11 is 8.03. The van der Waals surface area contributed by atoms with Crippen molar-refractivity contribution in [3.05, 3.63) is 69.0 Å². The Bertz CT molecular complexity index is 1280.